The molecule has 1 saturated heterocycles. The van der Waals surface area contributed by atoms with Crippen molar-refractivity contribution in [3.8, 4) is 0 Å². The first-order chi connectivity index (χ1) is 14.9. The van der Waals surface area contributed by atoms with Crippen LogP contribution in [0.2, 0.25) is 5.02 Å². The van der Waals surface area contributed by atoms with E-state index in [4.69, 9.17) is 11.6 Å². The summed E-state index contributed by atoms with van der Waals surface area (Å²) >= 11 is 5.91. The van der Waals surface area contributed by atoms with E-state index in [1.165, 1.54) is 18.6 Å². The number of halogens is 1. The molecule has 7 nitrogen and oxygen atoms in total. The molecule has 0 saturated carbocycles. The number of hydrogen-bond acceptors (Lipinski definition) is 6. The summed E-state index contributed by atoms with van der Waals surface area (Å²) in [4.78, 5) is 11.6. The number of anilines is 4. The molecule has 9 heteroatoms. The maximum absolute atomic E-state index is 12.5. The lowest BCUT2D eigenvalue weighted by molar-refractivity contribution is 0.568. The van der Waals surface area contributed by atoms with Crippen LogP contribution < -0.4 is 14.9 Å². The second kappa shape index (κ2) is 9.11. The first-order valence-corrected chi connectivity index (χ1v) is 12.0. The van der Waals surface area contributed by atoms with E-state index < -0.39 is 10.0 Å². The molecular formula is C22H24ClN5O2S. The van der Waals surface area contributed by atoms with Gasteiger partial charge in [-0.15, -0.1) is 0 Å². The van der Waals surface area contributed by atoms with Gasteiger partial charge in [0.25, 0.3) is 10.0 Å². The summed E-state index contributed by atoms with van der Waals surface area (Å²) in [6, 6.07) is 15.0. The van der Waals surface area contributed by atoms with Gasteiger partial charge in [0.05, 0.1) is 4.90 Å². The van der Waals surface area contributed by atoms with E-state index in [0.717, 1.165) is 43.3 Å². The molecule has 0 unspecified atom stereocenters. The fourth-order valence-corrected chi connectivity index (χ4v) is 4.83. The highest BCUT2D eigenvalue weighted by Crippen LogP contribution is 2.24. The van der Waals surface area contributed by atoms with E-state index in [9.17, 15) is 8.42 Å². The van der Waals surface area contributed by atoms with Crippen molar-refractivity contribution in [1.82, 2.24) is 9.97 Å². The van der Waals surface area contributed by atoms with Crippen LogP contribution in [0.15, 0.2) is 59.5 Å². The number of hydrogen-bond donors (Lipinski definition) is 2. The third kappa shape index (κ3) is 5.45. The lowest BCUT2D eigenvalue weighted by Gasteiger charge is -2.27. The number of aryl methyl sites for hydroxylation is 1. The number of rotatable bonds is 6. The fourth-order valence-electron chi connectivity index (χ4n) is 3.47. The molecule has 4 rings (SSSR count). The van der Waals surface area contributed by atoms with Gasteiger partial charge in [-0.1, -0.05) is 17.7 Å². The number of nitrogens with one attached hydrogen (secondary N) is 2. The lowest BCUT2D eigenvalue weighted by Crippen LogP contribution is -2.31. The summed E-state index contributed by atoms with van der Waals surface area (Å²) in [7, 11) is -3.71. The van der Waals surface area contributed by atoms with E-state index in [-0.39, 0.29) is 4.90 Å². The molecule has 0 bridgehead atoms. The van der Waals surface area contributed by atoms with Gasteiger partial charge < -0.3 is 10.2 Å². The van der Waals surface area contributed by atoms with E-state index in [1.54, 1.807) is 36.4 Å². The molecule has 1 aromatic heterocycles. The highest BCUT2D eigenvalue weighted by molar-refractivity contribution is 7.92. The standard InChI is InChI=1S/C22H24ClN5O2S/c1-16-14-21(26-22(24-16)28-12-3-2-4-13-28)25-18-8-10-19(11-9-18)27-31(29,30)20-7-5-6-17(23)15-20/h5-11,14-15,27H,2-4,12-13H2,1H3,(H,24,25,26). The van der Waals surface area contributed by atoms with Crippen LogP contribution in [0.1, 0.15) is 25.0 Å². The average molecular weight is 458 g/mol. The van der Waals surface area contributed by atoms with Gasteiger partial charge in [-0.2, -0.15) is 4.98 Å². The summed E-state index contributed by atoms with van der Waals surface area (Å²) in [6.07, 6.45) is 3.57. The van der Waals surface area contributed by atoms with E-state index in [2.05, 4.69) is 24.9 Å². The van der Waals surface area contributed by atoms with Gasteiger partial charge in [-0.05, 0) is 68.7 Å². The number of aromatic nitrogens is 2. The summed E-state index contributed by atoms with van der Waals surface area (Å²) in [5, 5.41) is 3.65. The Morgan fingerprint density at radius 2 is 1.65 bits per heavy atom. The quantitative estimate of drug-likeness (QED) is 0.543. The van der Waals surface area contributed by atoms with E-state index >= 15 is 0 Å². The van der Waals surface area contributed by atoms with Gasteiger partial charge in [-0.25, -0.2) is 13.4 Å². The van der Waals surface area contributed by atoms with Crippen molar-refractivity contribution < 1.29 is 8.42 Å². The van der Waals surface area contributed by atoms with Gasteiger partial charge in [-0.3, -0.25) is 4.72 Å². The van der Waals surface area contributed by atoms with Crippen molar-refractivity contribution in [2.24, 2.45) is 0 Å². The minimum atomic E-state index is -3.71. The molecule has 1 aliphatic rings. The van der Waals surface area contributed by atoms with Crippen LogP contribution in [0.4, 0.5) is 23.1 Å². The average Bonchev–Trinajstić information content (AvgIpc) is 2.75. The Balaban J connectivity index is 1.47. The fraction of sp³-hybridized carbons (Fsp3) is 0.273. The molecule has 31 heavy (non-hydrogen) atoms. The second-order valence-corrected chi connectivity index (χ2v) is 9.63. The molecule has 1 aliphatic heterocycles. The van der Waals surface area contributed by atoms with Gasteiger partial charge >= 0.3 is 0 Å². The van der Waals surface area contributed by atoms with Crippen LogP contribution in [0.3, 0.4) is 0 Å². The van der Waals surface area contributed by atoms with Gasteiger partial charge in [0.15, 0.2) is 0 Å². The van der Waals surface area contributed by atoms with Crippen molar-refractivity contribution in [3.63, 3.8) is 0 Å². The molecule has 0 aliphatic carbocycles. The Hall–Kier alpha value is -2.84. The molecule has 1 fully saturated rings. The second-order valence-electron chi connectivity index (χ2n) is 7.51. The zero-order valence-electron chi connectivity index (χ0n) is 17.2. The number of sulfonamides is 1. The topological polar surface area (TPSA) is 87.2 Å². The lowest BCUT2D eigenvalue weighted by atomic mass is 10.1. The van der Waals surface area contributed by atoms with Crippen LogP contribution in [0.25, 0.3) is 0 Å². The van der Waals surface area contributed by atoms with Crippen LogP contribution in [0, 0.1) is 6.92 Å². The summed E-state index contributed by atoms with van der Waals surface area (Å²) in [5.41, 5.74) is 2.15. The van der Waals surface area contributed by atoms with Crippen LogP contribution >= 0.6 is 11.6 Å². The third-order valence-electron chi connectivity index (χ3n) is 5.00. The largest absolute Gasteiger partial charge is 0.341 e. The first kappa shape index (κ1) is 21.4. The zero-order valence-corrected chi connectivity index (χ0v) is 18.7. The number of nitrogens with zero attached hydrogens (tertiary/aromatic N) is 3. The highest BCUT2D eigenvalue weighted by Gasteiger charge is 2.16. The summed E-state index contributed by atoms with van der Waals surface area (Å²) in [6.45, 7) is 3.91. The molecule has 0 atom stereocenters. The zero-order chi connectivity index (χ0) is 21.8. The molecule has 0 spiro atoms. The monoisotopic (exact) mass is 457 g/mol. The molecule has 3 aromatic rings. The summed E-state index contributed by atoms with van der Waals surface area (Å²) in [5.74, 6) is 1.45. The third-order valence-corrected chi connectivity index (χ3v) is 6.61. The predicted molar refractivity (Wildman–Crippen MR) is 125 cm³/mol. The smallest absolute Gasteiger partial charge is 0.261 e. The first-order valence-electron chi connectivity index (χ1n) is 10.2. The predicted octanol–water partition coefficient (Wildman–Crippen LogP) is 4.97. The molecule has 2 heterocycles. The minimum absolute atomic E-state index is 0.115. The van der Waals surface area contributed by atoms with Gasteiger partial charge in [0, 0.05) is 41.2 Å². The molecule has 162 valence electrons. The Labute approximate surface area is 187 Å². The Kier molecular flexibility index (Phi) is 6.29. The highest BCUT2D eigenvalue weighted by atomic mass is 35.5. The molecule has 0 amide bonds. The van der Waals surface area contributed by atoms with Crippen LogP contribution in [0.5, 0.6) is 0 Å². The number of benzene rings is 2. The van der Waals surface area contributed by atoms with E-state index in [1.807, 2.05) is 13.0 Å². The Bertz CT molecular complexity index is 1160. The molecular weight excluding hydrogens is 434 g/mol. The van der Waals surface area contributed by atoms with Crippen LogP contribution in [-0.4, -0.2) is 31.5 Å². The minimum Gasteiger partial charge on any atom is -0.341 e. The normalized spacial score (nSPS) is 14.3. The van der Waals surface area contributed by atoms with Gasteiger partial charge in [0.2, 0.25) is 5.95 Å². The Morgan fingerprint density at radius 3 is 2.35 bits per heavy atom. The van der Waals surface area contributed by atoms with Crippen molar-refractivity contribution in [2.75, 3.05) is 28.0 Å². The van der Waals surface area contributed by atoms with E-state index in [0.29, 0.717) is 16.5 Å². The van der Waals surface area contributed by atoms with Crippen molar-refractivity contribution in [3.05, 3.63) is 65.3 Å². The molecule has 0 radical (unpaired) electrons. The molecule has 2 N–H and O–H groups in total. The van der Waals surface area contributed by atoms with Crippen molar-refractivity contribution in [2.45, 2.75) is 31.1 Å². The SMILES string of the molecule is Cc1cc(Nc2ccc(NS(=O)(=O)c3cccc(Cl)c3)cc2)nc(N2CCCCC2)n1. The summed E-state index contributed by atoms with van der Waals surface area (Å²) < 4.78 is 27.7. The number of piperidine rings is 1. The maximum atomic E-state index is 12.5. The Morgan fingerprint density at radius 1 is 0.935 bits per heavy atom. The van der Waals surface area contributed by atoms with Crippen molar-refractivity contribution in [1.29, 1.82) is 0 Å². The molecule has 2 aromatic carbocycles. The maximum Gasteiger partial charge on any atom is 0.261 e. The van der Waals surface area contributed by atoms with Crippen LogP contribution in [-0.2, 0) is 10.0 Å². The van der Waals surface area contributed by atoms with Crippen molar-refractivity contribution >= 4 is 44.8 Å². The van der Waals surface area contributed by atoms with Gasteiger partial charge in [0.1, 0.15) is 5.82 Å².